The first kappa shape index (κ1) is 18.8. The van der Waals surface area contributed by atoms with E-state index in [0.717, 1.165) is 5.56 Å². The molecule has 27 heavy (non-hydrogen) atoms. The molecule has 0 bridgehead atoms. The Kier molecular flexibility index (Phi) is 5.38. The first-order valence-corrected chi connectivity index (χ1v) is 8.51. The fraction of sp³-hybridized carbons (Fsp3) is 0.222. The van der Waals surface area contributed by atoms with Crippen molar-refractivity contribution in [1.29, 1.82) is 0 Å². The van der Waals surface area contributed by atoms with Crippen molar-refractivity contribution in [1.82, 2.24) is 20.7 Å². The second-order valence-electron chi connectivity index (χ2n) is 6.14. The maximum atomic E-state index is 12.7. The van der Waals surface area contributed by atoms with Crippen molar-refractivity contribution in [2.75, 3.05) is 0 Å². The van der Waals surface area contributed by atoms with Crippen molar-refractivity contribution in [3.63, 3.8) is 0 Å². The van der Waals surface area contributed by atoms with E-state index in [1.54, 1.807) is 43.3 Å². The highest BCUT2D eigenvalue weighted by molar-refractivity contribution is 6.31. The molecular weight excluding hydrogens is 372 g/mol. The first-order valence-electron chi connectivity index (χ1n) is 8.13. The number of benzene rings is 2. The topological polar surface area (TPSA) is 128 Å². The van der Waals surface area contributed by atoms with Crippen molar-refractivity contribution in [3.8, 4) is 0 Å². The molecule has 3 rings (SSSR count). The quantitative estimate of drug-likeness (QED) is 0.509. The second kappa shape index (κ2) is 7.73. The summed E-state index contributed by atoms with van der Waals surface area (Å²) in [5, 5.41) is 32.7. The van der Waals surface area contributed by atoms with E-state index in [1.807, 2.05) is 0 Å². The molecule has 0 unspecified atom stereocenters. The summed E-state index contributed by atoms with van der Waals surface area (Å²) in [6, 6.07) is 8.95. The lowest BCUT2D eigenvalue weighted by Crippen LogP contribution is -2.48. The molecule has 1 amide bonds. The van der Waals surface area contributed by atoms with E-state index in [-0.39, 0.29) is 12.0 Å². The molecule has 0 aliphatic carbocycles. The number of nitrogens with one attached hydrogen (secondary N) is 2. The molecule has 9 heteroatoms. The van der Waals surface area contributed by atoms with Gasteiger partial charge in [-0.05, 0) is 42.7 Å². The zero-order chi connectivity index (χ0) is 19.6. The molecule has 2 atom stereocenters. The van der Waals surface area contributed by atoms with Gasteiger partial charge < -0.3 is 15.5 Å². The molecular formula is C18H17ClN4O4. The van der Waals surface area contributed by atoms with Crippen LogP contribution < -0.4 is 5.32 Å². The number of hydrogen-bond acceptors (Lipinski definition) is 5. The van der Waals surface area contributed by atoms with E-state index in [4.69, 9.17) is 11.6 Å². The van der Waals surface area contributed by atoms with E-state index >= 15 is 0 Å². The number of hydrogen-bond donors (Lipinski definition) is 4. The highest BCUT2D eigenvalue weighted by Crippen LogP contribution is 2.19. The Bertz CT molecular complexity index is 1000. The van der Waals surface area contributed by atoms with Gasteiger partial charge in [0, 0.05) is 10.6 Å². The van der Waals surface area contributed by atoms with E-state index in [0.29, 0.717) is 21.6 Å². The van der Waals surface area contributed by atoms with E-state index in [1.165, 1.54) is 0 Å². The van der Waals surface area contributed by atoms with Crippen LogP contribution in [0, 0.1) is 6.92 Å². The highest BCUT2D eigenvalue weighted by Gasteiger charge is 2.28. The normalized spacial score (nSPS) is 13.3. The molecule has 140 valence electrons. The molecule has 0 fully saturated rings. The third kappa shape index (κ3) is 4.07. The fourth-order valence-electron chi connectivity index (χ4n) is 2.82. The summed E-state index contributed by atoms with van der Waals surface area (Å²) in [4.78, 5) is 23.9. The molecule has 3 aromatic rings. The minimum atomic E-state index is -1.79. The molecule has 1 aromatic heterocycles. The standard InChI is InChI=1S/C18H17ClN4O4/c1-9-6-11(8-13-15(9)22-23-21-13)17(25)20-14(16(24)18(26)27)7-10-4-2-3-5-12(10)19/h2-6,8,14,16,24H,7H2,1H3,(H,20,25)(H,26,27)(H,21,22,23)/t14-,16+/m1/s1. The summed E-state index contributed by atoms with van der Waals surface area (Å²) in [5.74, 6) is -1.96. The third-order valence-corrected chi connectivity index (χ3v) is 4.59. The molecule has 0 aliphatic heterocycles. The van der Waals surface area contributed by atoms with E-state index in [2.05, 4.69) is 20.7 Å². The smallest absolute Gasteiger partial charge is 0.334 e. The fourth-order valence-corrected chi connectivity index (χ4v) is 3.03. The lowest BCUT2D eigenvalue weighted by Gasteiger charge is -2.22. The van der Waals surface area contributed by atoms with Crippen LogP contribution in [0.25, 0.3) is 11.0 Å². The maximum Gasteiger partial charge on any atom is 0.334 e. The van der Waals surface area contributed by atoms with Gasteiger partial charge in [-0.3, -0.25) is 4.79 Å². The van der Waals surface area contributed by atoms with E-state index < -0.39 is 24.0 Å². The maximum absolute atomic E-state index is 12.7. The van der Waals surface area contributed by atoms with Gasteiger partial charge in [-0.1, -0.05) is 29.8 Å². The van der Waals surface area contributed by atoms with Crippen molar-refractivity contribution in [2.24, 2.45) is 0 Å². The lowest BCUT2D eigenvalue weighted by molar-refractivity contribution is -0.148. The molecule has 0 radical (unpaired) electrons. The Labute approximate surface area is 159 Å². The number of amides is 1. The van der Waals surface area contributed by atoms with Crippen LogP contribution in [0.4, 0.5) is 0 Å². The number of halogens is 1. The molecule has 8 nitrogen and oxygen atoms in total. The predicted molar refractivity (Wildman–Crippen MR) is 98.7 cm³/mol. The van der Waals surface area contributed by atoms with Gasteiger partial charge in [0.2, 0.25) is 0 Å². The Morgan fingerprint density at radius 3 is 2.70 bits per heavy atom. The van der Waals surface area contributed by atoms with Gasteiger partial charge >= 0.3 is 5.97 Å². The number of fused-ring (bicyclic) bond motifs is 1. The number of carbonyl (C=O) groups is 2. The Hall–Kier alpha value is -2.97. The summed E-state index contributed by atoms with van der Waals surface area (Å²) < 4.78 is 0. The molecule has 4 N–H and O–H groups in total. The average molecular weight is 389 g/mol. The van der Waals surface area contributed by atoms with Gasteiger partial charge in [0.05, 0.1) is 6.04 Å². The predicted octanol–water partition coefficient (Wildman–Crippen LogP) is 1.71. The second-order valence-corrected chi connectivity index (χ2v) is 6.55. The Morgan fingerprint density at radius 2 is 2.00 bits per heavy atom. The monoisotopic (exact) mass is 388 g/mol. The number of aromatic nitrogens is 3. The van der Waals surface area contributed by atoms with Gasteiger partial charge in [-0.15, -0.1) is 0 Å². The third-order valence-electron chi connectivity index (χ3n) is 4.22. The van der Waals surface area contributed by atoms with Gasteiger partial charge in [0.1, 0.15) is 11.0 Å². The molecule has 0 saturated heterocycles. The lowest BCUT2D eigenvalue weighted by atomic mass is 10.00. The van der Waals surface area contributed by atoms with Gasteiger partial charge in [-0.25, -0.2) is 4.79 Å². The van der Waals surface area contributed by atoms with Crippen LogP contribution in [-0.2, 0) is 11.2 Å². The van der Waals surface area contributed by atoms with Crippen LogP contribution in [0.5, 0.6) is 0 Å². The SMILES string of the molecule is Cc1cc(C(=O)N[C@H](Cc2ccccc2Cl)[C@H](O)C(=O)O)cc2n[nH]nc12. The van der Waals surface area contributed by atoms with Crippen LogP contribution in [0.1, 0.15) is 21.5 Å². The van der Waals surface area contributed by atoms with Crippen LogP contribution >= 0.6 is 11.6 Å². The number of H-pyrrole nitrogens is 1. The minimum Gasteiger partial charge on any atom is -0.479 e. The van der Waals surface area contributed by atoms with Crippen molar-refractivity contribution in [2.45, 2.75) is 25.5 Å². The summed E-state index contributed by atoms with van der Waals surface area (Å²) in [7, 11) is 0. The van der Waals surface area contributed by atoms with Gasteiger partial charge in [-0.2, -0.15) is 15.4 Å². The van der Waals surface area contributed by atoms with Crippen LogP contribution in [0.15, 0.2) is 36.4 Å². The van der Waals surface area contributed by atoms with Crippen LogP contribution in [0.2, 0.25) is 5.02 Å². The number of aryl methyl sites for hydroxylation is 1. The van der Waals surface area contributed by atoms with E-state index in [9.17, 15) is 19.8 Å². The first-order chi connectivity index (χ1) is 12.9. The summed E-state index contributed by atoms with van der Waals surface area (Å²) in [5.41, 5.74) is 2.81. The highest BCUT2D eigenvalue weighted by atomic mass is 35.5. The number of rotatable bonds is 6. The number of nitrogens with zero attached hydrogens (tertiary/aromatic N) is 2. The minimum absolute atomic E-state index is 0.0596. The van der Waals surface area contributed by atoms with Crippen molar-refractivity contribution >= 4 is 34.5 Å². The number of aromatic amines is 1. The Balaban J connectivity index is 1.87. The van der Waals surface area contributed by atoms with Gasteiger partial charge in [0.15, 0.2) is 6.10 Å². The number of aliphatic hydroxyl groups is 1. The number of carboxylic acids is 1. The van der Waals surface area contributed by atoms with Gasteiger partial charge in [0.25, 0.3) is 5.91 Å². The summed E-state index contributed by atoms with van der Waals surface area (Å²) in [6.07, 6.45) is -1.73. The Morgan fingerprint density at radius 1 is 1.26 bits per heavy atom. The molecule has 0 aliphatic rings. The molecule has 0 saturated carbocycles. The number of carbonyl (C=O) groups excluding carboxylic acids is 1. The molecule has 0 spiro atoms. The zero-order valence-electron chi connectivity index (χ0n) is 14.3. The van der Waals surface area contributed by atoms with Crippen LogP contribution in [0.3, 0.4) is 0 Å². The van der Waals surface area contributed by atoms with Crippen LogP contribution in [-0.4, -0.2) is 49.6 Å². The largest absolute Gasteiger partial charge is 0.479 e. The number of carboxylic acid groups (broad SMARTS) is 1. The zero-order valence-corrected chi connectivity index (χ0v) is 15.1. The van der Waals surface area contributed by atoms with Crippen molar-refractivity contribution in [3.05, 3.63) is 58.1 Å². The van der Waals surface area contributed by atoms with Crippen molar-refractivity contribution < 1.29 is 19.8 Å². The average Bonchev–Trinajstić information content (AvgIpc) is 3.11. The molecule has 2 aromatic carbocycles. The number of aliphatic carboxylic acids is 1. The summed E-state index contributed by atoms with van der Waals surface area (Å²) >= 11 is 6.12. The molecule has 1 heterocycles. The summed E-state index contributed by atoms with van der Waals surface area (Å²) in [6.45, 7) is 1.79. The number of aliphatic hydroxyl groups excluding tert-OH is 1.